The number of thiazole rings is 1. The molecule has 2 heterocycles. The van der Waals surface area contributed by atoms with Gasteiger partial charge in [0.1, 0.15) is 0 Å². The van der Waals surface area contributed by atoms with Crippen LogP contribution in [0.15, 0.2) is 42.5 Å². The van der Waals surface area contributed by atoms with Gasteiger partial charge in [-0.15, -0.1) is 0 Å². The molecule has 0 spiro atoms. The minimum Gasteiger partial charge on any atom is -0.494 e. The van der Waals surface area contributed by atoms with Crippen molar-refractivity contribution in [2.75, 3.05) is 25.1 Å². The van der Waals surface area contributed by atoms with Gasteiger partial charge in [0, 0.05) is 13.1 Å². The number of nitrogens with one attached hydrogen (secondary N) is 1. The van der Waals surface area contributed by atoms with Crippen LogP contribution in [0.5, 0.6) is 5.75 Å². The summed E-state index contributed by atoms with van der Waals surface area (Å²) in [5, 5.41) is 13.0. The quantitative estimate of drug-likeness (QED) is 0.605. The minimum absolute atomic E-state index is 0.0120. The zero-order valence-electron chi connectivity index (χ0n) is 16.9. The molecule has 2 unspecified atom stereocenters. The predicted octanol–water partition coefficient (Wildman–Crippen LogP) is 3.60. The number of carbonyl (C=O) groups excluding carboxylic acids is 1. The Labute approximate surface area is 182 Å². The monoisotopic (exact) mass is 443 g/mol. The SMILES string of the molecule is COc1ccc(C(NC(=O)C2CCCN(c3nc4ccccc4s3)C2)C(=O)O)cc1F. The van der Waals surface area contributed by atoms with E-state index in [0.717, 1.165) is 34.4 Å². The predicted molar refractivity (Wildman–Crippen MR) is 116 cm³/mol. The number of carboxylic acids is 1. The molecule has 3 aromatic rings. The van der Waals surface area contributed by atoms with E-state index < -0.39 is 17.8 Å². The lowest BCUT2D eigenvalue weighted by Crippen LogP contribution is -2.45. The summed E-state index contributed by atoms with van der Waals surface area (Å²) in [6.45, 7) is 1.24. The van der Waals surface area contributed by atoms with E-state index in [9.17, 15) is 19.1 Å². The minimum atomic E-state index is -1.34. The summed E-state index contributed by atoms with van der Waals surface area (Å²) in [6, 6.07) is 10.4. The average Bonchev–Trinajstić information content (AvgIpc) is 3.21. The molecule has 1 saturated heterocycles. The van der Waals surface area contributed by atoms with Gasteiger partial charge in [0.15, 0.2) is 22.7 Å². The first-order chi connectivity index (χ1) is 15.0. The Bertz CT molecular complexity index is 1090. The number of para-hydroxylation sites is 1. The molecule has 2 N–H and O–H groups in total. The zero-order valence-corrected chi connectivity index (χ0v) is 17.7. The molecule has 1 aliphatic heterocycles. The number of halogens is 1. The third-order valence-electron chi connectivity index (χ3n) is 5.39. The van der Waals surface area contributed by atoms with Crippen molar-refractivity contribution in [3.05, 3.63) is 53.8 Å². The molecule has 1 aromatic heterocycles. The molecular weight excluding hydrogens is 421 g/mol. The summed E-state index contributed by atoms with van der Waals surface area (Å²) in [7, 11) is 1.33. The van der Waals surface area contributed by atoms with Crippen LogP contribution in [0.25, 0.3) is 10.2 Å². The van der Waals surface area contributed by atoms with Crippen LogP contribution < -0.4 is 15.0 Å². The van der Waals surface area contributed by atoms with Crippen molar-refractivity contribution in [2.24, 2.45) is 5.92 Å². The van der Waals surface area contributed by atoms with Gasteiger partial charge in [0.25, 0.3) is 0 Å². The van der Waals surface area contributed by atoms with Gasteiger partial charge in [-0.25, -0.2) is 14.2 Å². The molecular formula is C22H22FN3O4S. The standard InChI is InChI=1S/C22H22FN3O4S/c1-30-17-9-8-13(11-15(17)23)19(21(28)29)25-20(27)14-5-4-10-26(12-14)22-24-16-6-2-3-7-18(16)31-22/h2-3,6-9,11,14,19H,4-5,10,12H2,1H3,(H,25,27)(H,28,29). The van der Waals surface area contributed by atoms with E-state index in [1.807, 2.05) is 24.3 Å². The van der Waals surface area contributed by atoms with Gasteiger partial charge in [-0.3, -0.25) is 4.79 Å². The summed E-state index contributed by atoms with van der Waals surface area (Å²) in [5.74, 6) is -2.67. The molecule has 2 atom stereocenters. The van der Waals surface area contributed by atoms with Crippen molar-refractivity contribution in [3.63, 3.8) is 0 Å². The van der Waals surface area contributed by atoms with Crippen LogP contribution in [0, 0.1) is 11.7 Å². The van der Waals surface area contributed by atoms with E-state index in [-0.39, 0.29) is 23.1 Å². The fourth-order valence-corrected chi connectivity index (χ4v) is 4.77. The van der Waals surface area contributed by atoms with Crippen molar-refractivity contribution in [1.29, 1.82) is 0 Å². The summed E-state index contributed by atoms with van der Waals surface area (Å²) in [6.07, 6.45) is 1.44. The average molecular weight is 444 g/mol. The second-order valence-electron chi connectivity index (χ2n) is 7.42. The molecule has 7 nitrogen and oxygen atoms in total. The first-order valence-corrected chi connectivity index (χ1v) is 10.7. The third kappa shape index (κ3) is 4.46. The van der Waals surface area contributed by atoms with Crippen molar-refractivity contribution >= 4 is 38.6 Å². The molecule has 1 aliphatic rings. The van der Waals surface area contributed by atoms with E-state index in [4.69, 9.17) is 4.74 Å². The summed E-state index contributed by atoms with van der Waals surface area (Å²) < 4.78 is 20.0. The summed E-state index contributed by atoms with van der Waals surface area (Å²) in [4.78, 5) is 31.4. The molecule has 2 aromatic carbocycles. The topological polar surface area (TPSA) is 91.8 Å². The Hall–Kier alpha value is -3.20. The summed E-state index contributed by atoms with van der Waals surface area (Å²) in [5.41, 5.74) is 1.07. The fraction of sp³-hybridized carbons (Fsp3) is 0.318. The van der Waals surface area contributed by atoms with Gasteiger partial charge in [-0.05, 0) is 42.7 Å². The van der Waals surface area contributed by atoms with E-state index in [1.165, 1.54) is 19.2 Å². The number of methoxy groups -OCH3 is 1. The first kappa shape index (κ1) is 21.0. The number of anilines is 1. The number of carboxylic acid groups (broad SMARTS) is 1. The number of aromatic nitrogens is 1. The normalized spacial score (nSPS) is 17.4. The maximum absolute atomic E-state index is 14.1. The van der Waals surface area contributed by atoms with Gasteiger partial charge in [0.2, 0.25) is 5.91 Å². The van der Waals surface area contributed by atoms with Crippen LogP contribution in [0.1, 0.15) is 24.4 Å². The molecule has 0 bridgehead atoms. The maximum atomic E-state index is 14.1. The highest BCUT2D eigenvalue weighted by Crippen LogP contribution is 2.32. The first-order valence-electron chi connectivity index (χ1n) is 9.93. The number of ether oxygens (including phenoxy) is 1. The Morgan fingerprint density at radius 3 is 2.84 bits per heavy atom. The van der Waals surface area contributed by atoms with E-state index in [1.54, 1.807) is 11.3 Å². The molecule has 0 radical (unpaired) electrons. The fourth-order valence-electron chi connectivity index (χ4n) is 3.77. The lowest BCUT2D eigenvalue weighted by Gasteiger charge is -2.32. The Morgan fingerprint density at radius 1 is 1.32 bits per heavy atom. The van der Waals surface area contributed by atoms with Crippen molar-refractivity contribution in [1.82, 2.24) is 10.3 Å². The van der Waals surface area contributed by atoms with E-state index >= 15 is 0 Å². The highest BCUT2D eigenvalue weighted by atomic mass is 32.1. The Kier molecular flexibility index (Phi) is 6.03. The highest BCUT2D eigenvalue weighted by molar-refractivity contribution is 7.22. The van der Waals surface area contributed by atoms with Gasteiger partial charge in [0.05, 0.1) is 23.2 Å². The van der Waals surface area contributed by atoms with Crippen LogP contribution in [-0.4, -0.2) is 42.2 Å². The lowest BCUT2D eigenvalue weighted by atomic mass is 9.96. The Morgan fingerprint density at radius 2 is 2.13 bits per heavy atom. The van der Waals surface area contributed by atoms with E-state index in [2.05, 4.69) is 15.2 Å². The molecule has 1 amide bonds. The second-order valence-corrected chi connectivity index (χ2v) is 8.43. The van der Waals surface area contributed by atoms with Crippen LogP contribution in [0.4, 0.5) is 9.52 Å². The van der Waals surface area contributed by atoms with Crippen LogP contribution in [0.3, 0.4) is 0 Å². The van der Waals surface area contributed by atoms with E-state index in [0.29, 0.717) is 13.0 Å². The molecule has 0 saturated carbocycles. The van der Waals surface area contributed by atoms with Gasteiger partial charge in [-0.2, -0.15) is 0 Å². The van der Waals surface area contributed by atoms with Crippen molar-refractivity contribution in [2.45, 2.75) is 18.9 Å². The second kappa shape index (κ2) is 8.89. The number of benzene rings is 2. The smallest absolute Gasteiger partial charge is 0.330 e. The number of piperidine rings is 1. The lowest BCUT2D eigenvalue weighted by molar-refractivity contribution is -0.142. The van der Waals surface area contributed by atoms with Crippen LogP contribution >= 0.6 is 11.3 Å². The van der Waals surface area contributed by atoms with Gasteiger partial charge >= 0.3 is 5.97 Å². The molecule has 4 rings (SSSR count). The molecule has 9 heteroatoms. The number of fused-ring (bicyclic) bond motifs is 1. The number of carbonyl (C=O) groups is 2. The van der Waals surface area contributed by atoms with Gasteiger partial charge < -0.3 is 20.1 Å². The van der Waals surface area contributed by atoms with Crippen molar-refractivity contribution in [3.8, 4) is 5.75 Å². The van der Waals surface area contributed by atoms with Crippen LogP contribution in [0.2, 0.25) is 0 Å². The van der Waals surface area contributed by atoms with Gasteiger partial charge in [-0.1, -0.05) is 29.5 Å². The molecule has 0 aliphatic carbocycles. The number of amides is 1. The molecule has 31 heavy (non-hydrogen) atoms. The van der Waals surface area contributed by atoms with Crippen molar-refractivity contribution < 1.29 is 23.8 Å². The van der Waals surface area contributed by atoms with Crippen LogP contribution in [-0.2, 0) is 9.59 Å². The number of nitrogens with zero attached hydrogens (tertiary/aromatic N) is 2. The highest BCUT2D eigenvalue weighted by Gasteiger charge is 2.31. The zero-order chi connectivity index (χ0) is 22.0. The number of hydrogen-bond acceptors (Lipinski definition) is 6. The number of aliphatic carboxylic acids is 1. The Balaban J connectivity index is 1.48. The largest absolute Gasteiger partial charge is 0.494 e. The molecule has 162 valence electrons. The number of hydrogen-bond donors (Lipinski definition) is 2. The molecule has 1 fully saturated rings. The third-order valence-corrected chi connectivity index (χ3v) is 6.49. The summed E-state index contributed by atoms with van der Waals surface area (Å²) >= 11 is 1.57. The number of rotatable bonds is 6. The maximum Gasteiger partial charge on any atom is 0.330 e.